The number of anilines is 1. The molecule has 0 aliphatic carbocycles. The molecule has 3 aromatic rings. The zero-order chi connectivity index (χ0) is 14.5. The molecule has 0 saturated carbocycles. The molecule has 0 bridgehead atoms. The molecule has 0 fully saturated rings. The monoisotopic (exact) mass is 281 g/mol. The van der Waals surface area contributed by atoms with Crippen LogP contribution in [0, 0.1) is 0 Å². The van der Waals surface area contributed by atoms with Crippen LogP contribution in [0.15, 0.2) is 48.8 Å². The fourth-order valence-corrected chi connectivity index (χ4v) is 2.38. The molecule has 0 radical (unpaired) electrons. The van der Waals surface area contributed by atoms with E-state index in [1.165, 1.54) is 11.1 Å². The Labute approximate surface area is 124 Å². The standard InChI is InChI=1S/C17H19N3O/c1-2-21-12-13-6-3-4-8-16(13)19-10-14-11-20-17-15(14)7-5-9-18-17/h3-9,11,19H,2,10,12H2,1H3,(H,18,20). The number of hydrogen-bond donors (Lipinski definition) is 2. The third-order valence-electron chi connectivity index (χ3n) is 3.49. The average molecular weight is 281 g/mol. The molecule has 0 saturated heterocycles. The summed E-state index contributed by atoms with van der Waals surface area (Å²) in [7, 11) is 0. The van der Waals surface area contributed by atoms with Crippen molar-refractivity contribution in [3.63, 3.8) is 0 Å². The first-order chi connectivity index (χ1) is 10.4. The van der Waals surface area contributed by atoms with Gasteiger partial charge in [-0.3, -0.25) is 0 Å². The van der Waals surface area contributed by atoms with E-state index in [1.54, 1.807) is 6.20 Å². The highest BCUT2D eigenvalue weighted by molar-refractivity contribution is 5.79. The molecule has 2 heterocycles. The smallest absolute Gasteiger partial charge is 0.137 e. The minimum atomic E-state index is 0.634. The largest absolute Gasteiger partial charge is 0.381 e. The zero-order valence-electron chi connectivity index (χ0n) is 12.1. The first-order valence-corrected chi connectivity index (χ1v) is 7.19. The Hall–Kier alpha value is -2.33. The van der Waals surface area contributed by atoms with E-state index in [2.05, 4.69) is 33.5 Å². The molecule has 4 nitrogen and oxygen atoms in total. The van der Waals surface area contributed by atoms with Gasteiger partial charge in [-0.2, -0.15) is 0 Å². The van der Waals surface area contributed by atoms with Gasteiger partial charge >= 0.3 is 0 Å². The van der Waals surface area contributed by atoms with Crippen LogP contribution in [0.4, 0.5) is 5.69 Å². The maximum Gasteiger partial charge on any atom is 0.137 e. The molecule has 0 unspecified atom stereocenters. The summed E-state index contributed by atoms with van der Waals surface area (Å²) in [5.41, 5.74) is 4.43. The van der Waals surface area contributed by atoms with Gasteiger partial charge in [-0.05, 0) is 30.7 Å². The number of benzene rings is 1. The lowest BCUT2D eigenvalue weighted by Crippen LogP contribution is -2.03. The number of para-hydroxylation sites is 1. The highest BCUT2D eigenvalue weighted by Crippen LogP contribution is 2.20. The van der Waals surface area contributed by atoms with Crippen molar-refractivity contribution in [3.8, 4) is 0 Å². The third-order valence-corrected chi connectivity index (χ3v) is 3.49. The number of fused-ring (bicyclic) bond motifs is 1. The summed E-state index contributed by atoms with van der Waals surface area (Å²) in [6, 6.07) is 12.3. The van der Waals surface area contributed by atoms with Crippen LogP contribution in [0.25, 0.3) is 11.0 Å². The van der Waals surface area contributed by atoms with E-state index in [0.29, 0.717) is 6.61 Å². The summed E-state index contributed by atoms with van der Waals surface area (Å²) in [6.07, 6.45) is 3.81. The number of nitrogens with one attached hydrogen (secondary N) is 2. The second kappa shape index (κ2) is 6.41. The summed E-state index contributed by atoms with van der Waals surface area (Å²) >= 11 is 0. The van der Waals surface area contributed by atoms with E-state index in [1.807, 2.05) is 31.3 Å². The molecular weight excluding hydrogens is 262 g/mol. The van der Waals surface area contributed by atoms with Gasteiger partial charge in [0, 0.05) is 42.2 Å². The summed E-state index contributed by atoms with van der Waals surface area (Å²) in [5, 5.41) is 4.65. The third kappa shape index (κ3) is 3.06. The zero-order valence-corrected chi connectivity index (χ0v) is 12.1. The number of ether oxygens (including phenoxy) is 1. The summed E-state index contributed by atoms with van der Waals surface area (Å²) in [5.74, 6) is 0. The Kier molecular flexibility index (Phi) is 4.17. The minimum Gasteiger partial charge on any atom is -0.381 e. The predicted octanol–water partition coefficient (Wildman–Crippen LogP) is 3.71. The normalized spacial score (nSPS) is 10.9. The number of pyridine rings is 1. The van der Waals surface area contributed by atoms with Crippen LogP contribution in [-0.4, -0.2) is 16.6 Å². The van der Waals surface area contributed by atoms with Gasteiger partial charge in [-0.25, -0.2) is 4.98 Å². The van der Waals surface area contributed by atoms with Crippen LogP contribution in [0.1, 0.15) is 18.1 Å². The number of aromatic nitrogens is 2. The number of H-pyrrole nitrogens is 1. The van der Waals surface area contributed by atoms with E-state index in [-0.39, 0.29) is 0 Å². The first kappa shape index (κ1) is 13.6. The van der Waals surface area contributed by atoms with Crippen LogP contribution in [0.2, 0.25) is 0 Å². The van der Waals surface area contributed by atoms with E-state index in [9.17, 15) is 0 Å². The number of rotatable bonds is 6. The van der Waals surface area contributed by atoms with Crippen molar-refractivity contribution < 1.29 is 4.74 Å². The number of nitrogens with zero attached hydrogens (tertiary/aromatic N) is 1. The molecule has 0 spiro atoms. The van der Waals surface area contributed by atoms with Gasteiger partial charge in [-0.15, -0.1) is 0 Å². The molecule has 3 rings (SSSR count). The summed E-state index contributed by atoms with van der Waals surface area (Å²) in [4.78, 5) is 7.51. The van der Waals surface area contributed by atoms with E-state index >= 15 is 0 Å². The van der Waals surface area contributed by atoms with Gasteiger partial charge in [0.25, 0.3) is 0 Å². The van der Waals surface area contributed by atoms with E-state index < -0.39 is 0 Å². The molecule has 0 atom stereocenters. The molecule has 2 aromatic heterocycles. The second-order valence-electron chi connectivity index (χ2n) is 4.86. The van der Waals surface area contributed by atoms with Crippen molar-refractivity contribution in [2.24, 2.45) is 0 Å². The lowest BCUT2D eigenvalue weighted by molar-refractivity contribution is 0.134. The Balaban J connectivity index is 1.75. The van der Waals surface area contributed by atoms with Gasteiger partial charge in [0.1, 0.15) is 5.65 Å². The molecule has 108 valence electrons. The van der Waals surface area contributed by atoms with Gasteiger partial charge in [0.15, 0.2) is 0 Å². The fourth-order valence-electron chi connectivity index (χ4n) is 2.38. The Morgan fingerprint density at radius 3 is 2.95 bits per heavy atom. The van der Waals surface area contributed by atoms with Crippen LogP contribution in [0.3, 0.4) is 0 Å². The van der Waals surface area contributed by atoms with Crippen molar-refractivity contribution in [1.82, 2.24) is 9.97 Å². The van der Waals surface area contributed by atoms with Crippen molar-refractivity contribution in [2.45, 2.75) is 20.1 Å². The van der Waals surface area contributed by atoms with Gasteiger partial charge in [0.2, 0.25) is 0 Å². The van der Waals surface area contributed by atoms with Crippen LogP contribution >= 0.6 is 0 Å². The lowest BCUT2D eigenvalue weighted by Gasteiger charge is -2.11. The van der Waals surface area contributed by atoms with Crippen LogP contribution in [0.5, 0.6) is 0 Å². The van der Waals surface area contributed by atoms with Crippen molar-refractivity contribution in [3.05, 3.63) is 59.9 Å². The van der Waals surface area contributed by atoms with Gasteiger partial charge in [0.05, 0.1) is 6.61 Å². The van der Waals surface area contributed by atoms with Gasteiger partial charge < -0.3 is 15.0 Å². The quantitative estimate of drug-likeness (QED) is 0.724. The Bertz CT molecular complexity index is 721. The van der Waals surface area contributed by atoms with Crippen molar-refractivity contribution >= 4 is 16.7 Å². The van der Waals surface area contributed by atoms with E-state index in [0.717, 1.165) is 29.9 Å². The minimum absolute atomic E-state index is 0.634. The molecule has 1 aromatic carbocycles. The van der Waals surface area contributed by atoms with Gasteiger partial charge in [-0.1, -0.05) is 18.2 Å². The maximum atomic E-state index is 5.51. The summed E-state index contributed by atoms with van der Waals surface area (Å²) < 4.78 is 5.51. The predicted molar refractivity (Wildman–Crippen MR) is 85.2 cm³/mol. The fraction of sp³-hybridized carbons (Fsp3) is 0.235. The maximum absolute atomic E-state index is 5.51. The average Bonchev–Trinajstić information content (AvgIpc) is 2.95. The van der Waals surface area contributed by atoms with E-state index in [4.69, 9.17) is 4.74 Å². The van der Waals surface area contributed by atoms with Crippen molar-refractivity contribution in [2.75, 3.05) is 11.9 Å². The molecule has 21 heavy (non-hydrogen) atoms. The Morgan fingerprint density at radius 1 is 1.14 bits per heavy atom. The van der Waals surface area contributed by atoms with Crippen LogP contribution in [-0.2, 0) is 17.9 Å². The second-order valence-corrected chi connectivity index (χ2v) is 4.86. The molecule has 0 amide bonds. The lowest BCUT2D eigenvalue weighted by atomic mass is 10.1. The highest BCUT2D eigenvalue weighted by Gasteiger charge is 2.05. The van der Waals surface area contributed by atoms with Crippen molar-refractivity contribution in [1.29, 1.82) is 0 Å². The highest BCUT2D eigenvalue weighted by atomic mass is 16.5. The SMILES string of the molecule is CCOCc1ccccc1NCc1c[nH]c2ncccc12. The van der Waals surface area contributed by atoms with Crippen LogP contribution < -0.4 is 5.32 Å². The molecule has 0 aliphatic heterocycles. The molecule has 4 heteroatoms. The molecule has 2 N–H and O–H groups in total. The number of hydrogen-bond acceptors (Lipinski definition) is 3. The number of aromatic amines is 1. The summed E-state index contributed by atoms with van der Waals surface area (Å²) in [6.45, 7) is 4.13. The molecule has 0 aliphatic rings. The first-order valence-electron chi connectivity index (χ1n) is 7.19. The Morgan fingerprint density at radius 2 is 2.05 bits per heavy atom. The topological polar surface area (TPSA) is 49.9 Å². The molecular formula is C17H19N3O.